The fraction of sp³-hybridized carbons (Fsp3) is 0.500. The van der Waals surface area contributed by atoms with E-state index in [1.165, 1.54) is 11.4 Å². The first-order valence-corrected chi connectivity index (χ1v) is 8.46. The first-order chi connectivity index (χ1) is 10.4. The highest BCUT2D eigenvalue weighted by Gasteiger charge is 2.30. The largest absolute Gasteiger partial charge is 0.497 e. The molecular formula is C14H21N3O4S. The molecule has 1 heterocycles. The Labute approximate surface area is 130 Å². The average Bonchev–Trinajstić information content (AvgIpc) is 2.53. The molecule has 0 radical (unpaired) electrons. The number of aryl methyl sites for hydroxylation is 1. The Hall–Kier alpha value is -1.64. The number of ether oxygens (including phenoxy) is 1. The minimum absolute atomic E-state index is 0.0513. The van der Waals surface area contributed by atoms with Crippen LogP contribution < -0.4 is 10.5 Å². The molecule has 1 aliphatic heterocycles. The molecule has 2 N–H and O–H groups in total. The van der Waals surface area contributed by atoms with E-state index in [4.69, 9.17) is 10.5 Å². The highest BCUT2D eigenvalue weighted by Crippen LogP contribution is 2.24. The van der Waals surface area contributed by atoms with E-state index in [9.17, 15) is 13.2 Å². The Balaban J connectivity index is 2.17. The molecule has 1 aromatic rings. The van der Waals surface area contributed by atoms with E-state index < -0.39 is 10.0 Å². The Morgan fingerprint density at radius 1 is 1.27 bits per heavy atom. The van der Waals surface area contributed by atoms with Crippen LogP contribution in [0.15, 0.2) is 23.1 Å². The van der Waals surface area contributed by atoms with E-state index >= 15 is 0 Å². The summed E-state index contributed by atoms with van der Waals surface area (Å²) in [5.74, 6) is 0.465. The zero-order valence-corrected chi connectivity index (χ0v) is 13.6. The molecule has 1 aromatic carbocycles. The molecule has 1 saturated heterocycles. The number of hydrogen-bond donors (Lipinski definition) is 1. The first kappa shape index (κ1) is 16.7. The summed E-state index contributed by atoms with van der Waals surface area (Å²) in [6.45, 7) is 2.97. The Morgan fingerprint density at radius 3 is 2.41 bits per heavy atom. The highest BCUT2D eigenvalue weighted by molar-refractivity contribution is 7.89. The standard InChI is InChI=1S/C14H21N3O4S/c1-11-9-12(21-2)3-4-13(11)22(19,20)17-7-5-16(6-8-17)14(18)10-15/h3-4,9H,5-8,10,15H2,1-2H3. The SMILES string of the molecule is COc1ccc(S(=O)(=O)N2CCN(C(=O)CN)CC2)c(C)c1. The van der Waals surface area contributed by atoms with Crippen molar-refractivity contribution >= 4 is 15.9 Å². The second kappa shape index (κ2) is 6.64. The van der Waals surface area contributed by atoms with Gasteiger partial charge in [-0.1, -0.05) is 0 Å². The number of carbonyl (C=O) groups is 1. The molecular weight excluding hydrogens is 306 g/mol. The third kappa shape index (κ3) is 3.23. The molecule has 0 aliphatic carbocycles. The molecule has 1 amide bonds. The van der Waals surface area contributed by atoms with Crippen molar-refractivity contribution < 1.29 is 17.9 Å². The summed E-state index contributed by atoms with van der Waals surface area (Å²) in [5.41, 5.74) is 5.97. The summed E-state index contributed by atoms with van der Waals surface area (Å²) in [6.07, 6.45) is 0. The van der Waals surface area contributed by atoms with Crippen molar-refractivity contribution in [1.82, 2.24) is 9.21 Å². The van der Waals surface area contributed by atoms with Gasteiger partial charge in [-0.3, -0.25) is 4.79 Å². The lowest BCUT2D eigenvalue weighted by atomic mass is 10.2. The summed E-state index contributed by atoms with van der Waals surface area (Å²) in [4.78, 5) is 13.4. The van der Waals surface area contributed by atoms with E-state index in [-0.39, 0.29) is 30.4 Å². The maximum atomic E-state index is 12.7. The molecule has 122 valence electrons. The normalized spacial score (nSPS) is 16.6. The first-order valence-electron chi connectivity index (χ1n) is 7.02. The van der Waals surface area contributed by atoms with Gasteiger partial charge in [0.15, 0.2) is 0 Å². The van der Waals surface area contributed by atoms with Crippen LogP contribution in [0.5, 0.6) is 5.75 Å². The van der Waals surface area contributed by atoms with Gasteiger partial charge in [-0.05, 0) is 30.7 Å². The number of benzene rings is 1. The molecule has 0 spiro atoms. The van der Waals surface area contributed by atoms with Gasteiger partial charge in [0.25, 0.3) is 0 Å². The summed E-state index contributed by atoms with van der Waals surface area (Å²) < 4.78 is 31.9. The van der Waals surface area contributed by atoms with Crippen molar-refractivity contribution in [2.24, 2.45) is 5.73 Å². The molecule has 0 saturated carbocycles. The van der Waals surface area contributed by atoms with Crippen LogP contribution >= 0.6 is 0 Å². The number of hydrogen-bond acceptors (Lipinski definition) is 5. The van der Waals surface area contributed by atoms with E-state index in [0.717, 1.165) is 0 Å². The fourth-order valence-corrected chi connectivity index (χ4v) is 4.11. The van der Waals surface area contributed by atoms with Gasteiger partial charge in [0, 0.05) is 26.2 Å². The van der Waals surface area contributed by atoms with Crippen LogP contribution in [0.25, 0.3) is 0 Å². The van der Waals surface area contributed by atoms with Gasteiger partial charge in [-0.25, -0.2) is 8.42 Å². The molecule has 0 atom stereocenters. The van der Waals surface area contributed by atoms with Crippen LogP contribution in [0.2, 0.25) is 0 Å². The molecule has 0 unspecified atom stereocenters. The molecule has 8 heteroatoms. The lowest BCUT2D eigenvalue weighted by Gasteiger charge is -2.34. The Bertz CT molecular complexity index is 652. The lowest BCUT2D eigenvalue weighted by molar-refractivity contribution is -0.130. The third-order valence-electron chi connectivity index (χ3n) is 3.77. The average molecular weight is 327 g/mol. The maximum Gasteiger partial charge on any atom is 0.243 e. The number of amides is 1. The predicted molar refractivity (Wildman–Crippen MR) is 82.1 cm³/mol. The van der Waals surface area contributed by atoms with Crippen molar-refractivity contribution in [3.8, 4) is 5.75 Å². The van der Waals surface area contributed by atoms with Gasteiger partial charge in [-0.15, -0.1) is 0 Å². The van der Waals surface area contributed by atoms with Crippen molar-refractivity contribution in [2.75, 3.05) is 39.8 Å². The monoisotopic (exact) mass is 327 g/mol. The summed E-state index contributed by atoms with van der Waals surface area (Å²) >= 11 is 0. The smallest absolute Gasteiger partial charge is 0.243 e. The fourth-order valence-electron chi connectivity index (χ4n) is 2.48. The number of carbonyl (C=O) groups excluding carboxylic acids is 1. The number of nitrogens with two attached hydrogens (primary N) is 1. The maximum absolute atomic E-state index is 12.7. The molecule has 7 nitrogen and oxygen atoms in total. The summed E-state index contributed by atoms with van der Waals surface area (Å²) in [6, 6.07) is 4.88. The lowest BCUT2D eigenvalue weighted by Crippen LogP contribution is -2.51. The van der Waals surface area contributed by atoms with Crippen molar-refractivity contribution in [1.29, 1.82) is 0 Å². The summed E-state index contributed by atoms with van der Waals surface area (Å²) in [7, 11) is -2.03. The van der Waals surface area contributed by atoms with Crippen LogP contribution in [-0.4, -0.2) is 63.4 Å². The second-order valence-electron chi connectivity index (χ2n) is 5.12. The van der Waals surface area contributed by atoms with E-state index in [1.807, 2.05) is 0 Å². The number of sulfonamides is 1. The number of piperazine rings is 1. The molecule has 22 heavy (non-hydrogen) atoms. The van der Waals surface area contributed by atoms with E-state index in [0.29, 0.717) is 24.4 Å². The van der Waals surface area contributed by atoms with Gasteiger partial charge in [0.05, 0.1) is 18.6 Å². The molecule has 1 aliphatic rings. The van der Waals surface area contributed by atoms with Gasteiger partial charge in [0.1, 0.15) is 5.75 Å². The van der Waals surface area contributed by atoms with Gasteiger partial charge in [-0.2, -0.15) is 4.31 Å². The molecule has 0 bridgehead atoms. The number of rotatable bonds is 4. The third-order valence-corrected chi connectivity index (χ3v) is 5.82. The Morgan fingerprint density at radius 2 is 1.91 bits per heavy atom. The van der Waals surface area contributed by atoms with Crippen LogP contribution in [0.1, 0.15) is 5.56 Å². The van der Waals surface area contributed by atoms with Crippen molar-refractivity contribution in [3.05, 3.63) is 23.8 Å². The van der Waals surface area contributed by atoms with Crippen LogP contribution in [-0.2, 0) is 14.8 Å². The Kier molecular flexibility index (Phi) is 5.05. The van der Waals surface area contributed by atoms with Gasteiger partial charge < -0.3 is 15.4 Å². The van der Waals surface area contributed by atoms with E-state index in [2.05, 4.69) is 0 Å². The zero-order chi connectivity index (χ0) is 16.3. The number of methoxy groups -OCH3 is 1. The minimum Gasteiger partial charge on any atom is -0.497 e. The second-order valence-corrected chi connectivity index (χ2v) is 7.03. The van der Waals surface area contributed by atoms with E-state index in [1.54, 1.807) is 30.0 Å². The predicted octanol–water partition coefficient (Wildman–Crippen LogP) is -0.205. The number of nitrogens with zero attached hydrogens (tertiary/aromatic N) is 2. The molecule has 0 aromatic heterocycles. The van der Waals surface area contributed by atoms with Crippen LogP contribution in [0, 0.1) is 6.92 Å². The topological polar surface area (TPSA) is 92.9 Å². The molecule has 2 rings (SSSR count). The quantitative estimate of drug-likeness (QED) is 0.826. The van der Waals surface area contributed by atoms with Crippen molar-refractivity contribution in [3.63, 3.8) is 0 Å². The summed E-state index contributed by atoms with van der Waals surface area (Å²) in [5, 5.41) is 0. The van der Waals surface area contributed by atoms with Crippen LogP contribution in [0.4, 0.5) is 0 Å². The van der Waals surface area contributed by atoms with Crippen LogP contribution in [0.3, 0.4) is 0 Å². The minimum atomic E-state index is -3.56. The van der Waals surface area contributed by atoms with Crippen molar-refractivity contribution in [2.45, 2.75) is 11.8 Å². The highest BCUT2D eigenvalue weighted by atomic mass is 32.2. The zero-order valence-electron chi connectivity index (χ0n) is 12.8. The van der Waals surface area contributed by atoms with Gasteiger partial charge >= 0.3 is 0 Å². The molecule has 1 fully saturated rings. The van der Waals surface area contributed by atoms with Gasteiger partial charge in [0.2, 0.25) is 15.9 Å².